The van der Waals surface area contributed by atoms with Gasteiger partial charge in [0.15, 0.2) is 0 Å². The molecule has 5 unspecified atom stereocenters. The summed E-state index contributed by atoms with van der Waals surface area (Å²) in [7, 11) is 0. The lowest BCUT2D eigenvalue weighted by Gasteiger charge is -2.15. The molecule has 0 aliphatic heterocycles. The van der Waals surface area contributed by atoms with E-state index < -0.39 is 12.1 Å². The molecule has 0 aromatic heterocycles. The fourth-order valence-electron chi connectivity index (χ4n) is 4.24. The first-order valence-electron chi connectivity index (χ1n) is 9.78. The Bertz CT molecular complexity index is 528. The predicted octanol–water partition coefficient (Wildman–Crippen LogP) is 3.52. The molecule has 25 heavy (non-hydrogen) atoms. The quantitative estimate of drug-likeness (QED) is 0.356. The van der Waals surface area contributed by atoms with Crippen molar-refractivity contribution in [3.8, 4) is 11.8 Å². The second-order valence-corrected chi connectivity index (χ2v) is 7.61. The van der Waals surface area contributed by atoms with Crippen LogP contribution in [-0.2, 0) is 4.79 Å². The third kappa shape index (κ3) is 6.17. The first-order chi connectivity index (χ1) is 12.0. The fourth-order valence-corrected chi connectivity index (χ4v) is 4.24. The van der Waals surface area contributed by atoms with Crippen molar-refractivity contribution in [3.05, 3.63) is 11.6 Å². The van der Waals surface area contributed by atoms with Gasteiger partial charge in [-0.1, -0.05) is 43.3 Å². The molecule has 4 nitrogen and oxygen atoms in total. The Morgan fingerprint density at radius 3 is 2.84 bits per heavy atom. The van der Waals surface area contributed by atoms with E-state index in [9.17, 15) is 15.0 Å². The number of unbranched alkanes of at least 4 members (excludes halogenated alkanes) is 3. The number of rotatable bonds is 8. The summed E-state index contributed by atoms with van der Waals surface area (Å²) in [6, 6.07) is 0. The minimum absolute atomic E-state index is 0.0317. The molecule has 2 rings (SSSR count). The molecule has 4 heteroatoms. The number of hydrogen-bond acceptors (Lipinski definition) is 3. The van der Waals surface area contributed by atoms with Gasteiger partial charge in [0.25, 0.3) is 0 Å². The highest BCUT2D eigenvalue weighted by Crippen LogP contribution is 2.49. The summed E-state index contributed by atoms with van der Waals surface area (Å²) >= 11 is 0. The summed E-state index contributed by atoms with van der Waals surface area (Å²) in [5, 5.41) is 29.0. The first kappa shape index (κ1) is 20.0. The maximum atomic E-state index is 10.6. The highest BCUT2D eigenvalue weighted by Gasteiger charge is 2.45. The van der Waals surface area contributed by atoms with Crippen LogP contribution in [0.2, 0.25) is 0 Å². The van der Waals surface area contributed by atoms with Gasteiger partial charge in [-0.25, -0.2) is 0 Å². The van der Waals surface area contributed by atoms with Crippen LogP contribution >= 0.6 is 0 Å². The zero-order chi connectivity index (χ0) is 18.2. The Kier molecular flexibility index (Phi) is 7.99. The van der Waals surface area contributed by atoms with E-state index in [4.69, 9.17) is 5.11 Å². The average molecular weight is 348 g/mol. The molecule has 0 heterocycles. The Morgan fingerprint density at radius 2 is 2.12 bits per heavy atom. The van der Waals surface area contributed by atoms with E-state index in [-0.39, 0.29) is 18.4 Å². The van der Waals surface area contributed by atoms with Crippen LogP contribution in [0.1, 0.15) is 71.1 Å². The Morgan fingerprint density at radius 1 is 1.32 bits per heavy atom. The standard InChI is InChI=1S/C21H32O4/c1-2-3-4-8-17(22)10-11-18-19-13-15(7-5-6-9-21(24)25)12-16(19)14-20(18)23/h7,16-20,22-23H,2-6,8-9,12-14H2,1H3,(H,24,25)/b15-7+. The molecule has 2 fully saturated rings. The number of aliphatic carboxylic acids is 1. The zero-order valence-electron chi connectivity index (χ0n) is 15.3. The molecular weight excluding hydrogens is 316 g/mol. The Hall–Kier alpha value is -1.31. The van der Waals surface area contributed by atoms with Gasteiger partial charge in [-0.3, -0.25) is 4.79 Å². The smallest absolute Gasteiger partial charge is 0.303 e. The Balaban J connectivity index is 1.85. The molecule has 0 bridgehead atoms. The number of fused-ring (bicyclic) bond motifs is 1. The molecule has 0 saturated heterocycles. The summed E-state index contributed by atoms with van der Waals surface area (Å²) in [4.78, 5) is 10.6. The number of aliphatic hydroxyl groups is 2. The fraction of sp³-hybridized carbons (Fsp3) is 0.762. The van der Waals surface area contributed by atoms with Crippen LogP contribution in [0.25, 0.3) is 0 Å². The molecule has 2 aliphatic carbocycles. The molecule has 0 radical (unpaired) electrons. The van der Waals surface area contributed by atoms with Gasteiger partial charge >= 0.3 is 5.97 Å². The number of carboxylic acids is 1. The summed E-state index contributed by atoms with van der Waals surface area (Å²) in [6.07, 6.45) is 9.68. The van der Waals surface area contributed by atoms with Crippen molar-refractivity contribution in [2.75, 3.05) is 0 Å². The van der Waals surface area contributed by atoms with E-state index >= 15 is 0 Å². The summed E-state index contributed by atoms with van der Waals surface area (Å²) in [5.74, 6) is 6.24. The second-order valence-electron chi connectivity index (χ2n) is 7.61. The van der Waals surface area contributed by atoms with E-state index in [1.807, 2.05) is 0 Å². The lowest BCUT2D eigenvalue weighted by molar-refractivity contribution is -0.137. The lowest BCUT2D eigenvalue weighted by atomic mass is 9.91. The van der Waals surface area contributed by atoms with Crippen molar-refractivity contribution in [2.45, 2.75) is 83.3 Å². The van der Waals surface area contributed by atoms with Gasteiger partial charge in [0, 0.05) is 12.3 Å². The molecule has 0 spiro atoms. The van der Waals surface area contributed by atoms with E-state index in [1.165, 1.54) is 5.57 Å². The van der Waals surface area contributed by atoms with Crippen molar-refractivity contribution >= 4 is 5.97 Å². The first-order valence-corrected chi connectivity index (χ1v) is 9.78. The van der Waals surface area contributed by atoms with Gasteiger partial charge in [0.05, 0.1) is 6.10 Å². The molecule has 0 amide bonds. The van der Waals surface area contributed by atoms with Crippen LogP contribution in [0.4, 0.5) is 0 Å². The summed E-state index contributed by atoms with van der Waals surface area (Å²) in [6.45, 7) is 2.14. The molecular formula is C21H32O4. The van der Waals surface area contributed by atoms with Crippen molar-refractivity contribution in [1.82, 2.24) is 0 Å². The SMILES string of the molecule is CCCCCC(O)C#CC1C(O)CC2C/C(=C\CCCC(=O)O)CC21. The highest BCUT2D eigenvalue weighted by atomic mass is 16.4. The van der Waals surface area contributed by atoms with E-state index in [0.29, 0.717) is 24.7 Å². The van der Waals surface area contributed by atoms with Crippen LogP contribution in [0.3, 0.4) is 0 Å². The van der Waals surface area contributed by atoms with E-state index in [0.717, 1.165) is 44.9 Å². The van der Waals surface area contributed by atoms with Gasteiger partial charge in [-0.05, 0) is 56.8 Å². The number of carbonyl (C=O) groups is 1. The maximum absolute atomic E-state index is 10.6. The van der Waals surface area contributed by atoms with Crippen LogP contribution < -0.4 is 0 Å². The minimum Gasteiger partial charge on any atom is -0.481 e. The number of allylic oxidation sites excluding steroid dienone is 2. The van der Waals surface area contributed by atoms with Crippen LogP contribution in [0, 0.1) is 29.6 Å². The average Bonchev–Trinajstić information content (AvgIpc) is 3.06. The summed E-state index contributed by atoms with van der Waals surface area (Å²) < 4.78 is 0. The van der Waals surface area contributed by atoms with Gasteiger partial charge < -0.3 is 15.3 Å². The molecule has 3 N–H and O–H groups in total. The van der Waals surface area contributed by atoms with Crippen LogP contribution in [0.5, 0.6) is 0 Å². The number of carboxylic acid groups (broad SMARTS) is 1. The number of hydrogen-bond donors (Lipinski definition) is 3. The maximum Gasteiger partial charge on any atom is 0.303 e. The van der Waals surface area contributed by atoms with Gasteiger partial charge in [-0.2, -0.15) is 0 Å². The highest BCUT2D eigenvalue weighted by molar-refractivity contribution is 5.66. The van der Waals surface area contributed by atoms with Crippen molar-refractivity contribution in [3.63, 3.8) is 0 Å². The van der Waals surface area contributed by atoms with Crippen LogP contribution in [0.15, 0.2) is 11.6 Å². The molecule has 0 aromatic carbocycles. The normalized spacial score (nSPS) is 30.8. The lowest BCUT2D eigenvalue weighted by Crippen LogP contribution is -2.18. The monoisotopic (exact) mass is 348 g/mol. The third-order valence-corrected chi connectivity index (χ3v) is 5.57. The molecule has 140 valence electrons. The molecule has 2 aliphatic rings. The zero-order valence-corrected chi connectivity index (χ0v) is 15.3. The van der Waals surface area contributed by atoms with Crippen molar-refractivity contribution < 1.29 is 20.1 Å². The molecule has 0 aromatic rings. The topological polar surface area (TPSA) is 77.8 Å². The van der Waals surface area contributed by atoms with E-state index in [2.05, 4.69) is 24.8 Å². The number of aliphatic hydroxyl groups excluding tert-OH is 2. The van der Waals surface area contributed by atoms with Gasteiger partial charge in [-0.15, -0.1) is 0 Å². The van der Waals surface area contributed by atoms with E-state index in [1.54, 1.807) is 0 Å². The van der Waals surface area contributed by atoms with Crippen LogP contribution in [-0.4, -0.2) is 33.5 Å². The largest absolute Gasteiger partial charge is 0.481 e. The third-order valence-electron chi connectivity index (χ3n) is 5.57. The minimum atomic E-state index is -0.738. The van der Waals surface area contributed by atoms with Crippen molar-refractivity contribution in [2.24, 2.45) is 17.8 Å². The second kappa shape index (κ2) is 9.99. The Labute approximate surface area is 151 Å². The predicted molar refractivity (Wildman–Crippen MR) is 97.8 cm³/mol. The van der Waals surface area contributed by atoms with Crippen molar-refractivity contribution in [1.29, 1.82) is 0 Å². The van der Waals surface area contributed by atoms with Gasteiger partial charge in [0.1, 0.15) is 6.10 Å². The molecule has 5 atom stereocenters. The molecule has 2 saturated carbocycles. The van der Waals surface area contributed by atoms with Gasteiger partial charge in [0.2, 0.25) is 0 Å². The summed E-state index contributed by atoms with van der Waals surface area (Å²) in [5.41, 5.74) is 1.39.